The van der Waals surface area contributed by atoms with Crippen LogP contribution >= 0.6 is 0 Å². The van der Waals surface area contributed by atoms with Gasteiger partial charge in [0, 0.05) is 12.2 Å². The van der Waals surface area contributed by atoms with E-state index in [1.165, 1.54) is 5.56 Å². The maximum Gasteiger partial charge on any atom is 0.200 e. The lowest BCUT2D eigenvalue weighted by atomic mass is 10.1. The highest BCUT2D eigenvalue weighted by atomic mass is 16.5. The number of benzene rings is 2. The highest BCUT2D eigenvalue weighted by molar-refractivity contribution is 5.97. The van der Waals surface area contributed by atoms with Crippen LogP contribution in [-0.4, -0.2) is 24.1 Å². The summed E-state index contributed by atoms with van der Waals surface area (Å²) in [4.78, 5) is 12.0. The van der Waals surface area contributed by atoms with Crippen molar-refractivity contribution in [3.63, 3.8) is 0 Å². The Balaban J connectivity index is 1.90. The molecule has 0 amide bonds. The van der Waals surface area contributed by atoms with Crippen molar-refractivity contribution < 1.29 is 14.6 Å². The van der Waals surface area contributed by atoms with Gasteiger partial charge in [0.2, 0.25) is 0 Å². The Bertz CT molecular complexity index is 570. The second-order valence-corrected chi connectivity index (χ2v) is 4.88. The van der Waals surface area contributed by atoms with Crippen molar-refractivity contribution >= 4 is 5.78 Å². The van der Waals surface area contributed by atoms with Gasteiger partial charge in [-0.1, -0.05) is 43.3 Å². The Morgan fingerprint density at radius 1 is 1.00 bits per heavy atom. The van der Waals surface area contributed by atoms with Crippen molar-refractivity contribution in [3.8, 4) is 5.75 Å². The maximum atomic E-state index is 12.0. The number of rotatable bonds is 7. The highest BCUT2D eigenvalue weighted by Crippen LogP contribution is 2.13. The van der Waals surface area contributed by atoms with Crippen LogP contribution in [0.4, 0.5) is 0 Å². The SMILES string of the molecule is CCc1ccc(C(=O)COc2ccc(CCO)cc2)cc1. The summed E-state index contributed by atoms with van der Waals surface area (Å²) in [5, 5.41) is 8.85. The van der Waals surface area contributed by atoms with Crippen LogP contribution in [0.15, 0.2) is 48.5 Å². The number of hydrogen-bond donors (Lipinski definition) is 1. The molecular weight excluding hydrogens is 264 g/mol. The van der Waals surface area contributed by atoms with E-state index >= 15 is 0 Å². The van der Waals surface area contributed by atoms with Crippen molar-refractivity contribution in [2.75, 3.05) is 13.2 Å². The quantitative estimate of drug-likeness (QED) is 0.795. The molecule has 3 nitrogen and oxygen atoms in total. The average Bonchev–Trinajstić information content (AvgIpc) is 2.54. The van der Waals surface area contributed by atoms with Gasteiger partial charge in [-0.05, 0) is 36.1 Å². The molecule has 2 aromatic carbocycles. The predicted octanol–water partition coefficient (Wildman–Crippen LogP) is 3.05. The summed E-state index contributed by atoms with van der Waals surface area (Å²) < 4.78 is 5.50. The van der Waals surface area contributed by atoms with Gasteiger partial charge in [-0.3, -0.25) is 4.79 Å². The number of carbonyl (C=O) groups is 1. The molecule has 0 spiro atoms. The summed E-state index contributed by atoms with van der Waals surface area (Å²) in [5.74, 6) is 0.632. The summed E-state index contributed by atoms with van der Waals surface area (Å²) in [6.07, 6.45) is 1.59. The van der Waals surface area contributed by atoms with Gasteiger partial charge >= 0.3 is 0 Å². The van der Waals surface area contributed by atoms with E-state index in [1.54, 1.807) is 0 Å². The summed E-state index contributed by atoms with van der Waals surface area (Å²) in [5.41, 5.74) is 2.93. The predicted molar refractivity (Wildman–Crippen MR) is 82.9 cm³/mol. The lowest BCUT2D eigenvalue weighted by molar-refractivity contribution is 0.0921. The van der Waals surface area contributed by atoms with Crippen molar-refractivity contribution in [1.82, 2.24) is 0 Å². The van der Waals surface area contributed by atoms with Crippen LogP contribution in [-0.2, 0) is 12.8 Å². The van der Waals surface area contributed by atoms with Gasteiger partial charge in [0.15, 0.2) is 12.4 Å². The van der Waals surface area contributed by atoms with Crippen LogP contribution in [0.2, 0.25) is 0 Å². The number of carbonyl (C=O) groups excluding carboxylic acids is 1. The van der Waals surface area contributed by atoms with E-state index in [0.29, 0.717) is 17.7 Å². The smallest absolute Gasteiger partial charge is 0.200 e. The number of ether oxygens (including phenoxy) is 1. The molecule has 0 aromatic heterocycles. The largest absolute Gasteiger partial charge is 0.485 e. The Hall–Kier alpha value is -2.13. The zero-order chi connectivity index (χ0) is 15.1. The van der Waals surface area contributed by atoms with E-state index in [9.17, 15) is 4.79 Å². The lowest BCUT2D eigenvalue weighted by Crippen LogP contribution is -2.11. The number of aliphatic hydroxyl groups is 1. The monoisotopic (exact) mass is 284 g/mol. The van der Waals surface area contributed by atoms with Crippen molar-refractivity contribution in [2.24, 2.45) is 0 Å². The Morgan fingerprint density at radius 2 is 1.62 bits per heavy atom. The first-order chi connectivity index (χ1) is 10.2. The third kappa shape index (κ3) is 4.43. The van der Waals surface area contributed by atoms with E-state index in [4.69, 9.17) is 9.84 Å². The molecule has 0 radical (unpaired) electrons. The van der Waals surface area contributed by atoms with Crippen LogP contribution in [0.25, 0.3) is 0 Å². The topological polar surface area (TPSA) is 46.5 Å². The molecule has 3 heteroatoms. The number of ketones is 1. The van der Waals surface area contributed by atoms with E-state index in [2.05, 4.69) is 6.92 Å². The van der Waals surface area contributed by atoms with Gasteiger partial charge in [-0.25, -0.2) is 0 Å². The fourth-order valence-electron chi connectivity index (χ4n) is 2.04. The molecule has 110 valence electrons. The van der Waals surface area contributed by atoms with E-state index < -0.39 is 0 Å². The Labute approximate surface area is 125 Å². The number of aliphatic hydroxyl groups excluding tert-OH is 1. The minimum Gasteiger partial charge on any atom is -0.485 e. The van der Waals surface area contributed by atoms with Crippen LogP contribution < -0.4 is 4.74 Å². The molecule has 0 heterocycles. The molecular formula is C18H20O3. The number of hydrogen-bond acceptors (Lipinski definition) is 3. The fourth-order valence-corrected chi connectivity index (χ4v) is 2.04. The van der Waals surface area contributed by atoms with E-state index in [0.717, 1.165) is 12.0 Å². The average molecular weight is 284 g/mol. The van der Waals surface area contributed by atoms with Gasteiger partial charge < -0.3 is 9.84 Å². The van der Waals surface area contributed by atoms with E-state index in [1.807, 2.05) is 48.5 Å². The molecule has 0 atom stereocenters. The molecule has 0 aliphatic rings. The maximum absolute atomic E-state index is 12.0. The Morgan fingerprint density at radius 3 is 2.19 bits per heavy atom. The summed E-state index contributed by atoms with van der Waals surface area (Å²) in [6, 6.07) is 15.0. The molecule has 0 aliphatic carbocycles. The summed E-state index contributed by atoms with van der Waals surface area (Å²) in [6.45, 7) is 2.25. The number of Topliss-reactive ketones (excluding diaryl/α,β-unsaturated/α-hetero) is 1. The van der Waals surface area contributed by atoms with Gasteiger partial charge in [0.25, 0.3) is 0 Å². The van der Waals surface area contributed by atoms with Crippen molar-refractivity contribution in [2.45, 2.75) is 19.8 Å². The summed E-state index contributed by atoms with van der Waals surface area (Å²) >= 11 is 0. The zero-order valence-electron chi connectivity index (χ0n) is 12.2. The second kappa shape index (κ2) is 7.60. The van der Waals surface area contributed by atoms with Gasteiger partial charge in [-0.2, -0.15) is 0 Å². The molecule has 0 unspecified atom stereocenters. The van der Waals surface area contributed by atoms with Crippen LogP contribution in [0.1, 0.15) is 28.4 Å². The van der Waals surface area contributed by atoms with Crippen molar-refractivity contribution in [1.29, 1.82) is 0 Å². The first kappa shape index (κ1) is 15.3. The van der Waals surface area contributed by atoms with E-state index in [-0.39, 0.29) is 19.0 Å². The van der Waals surface area contributed by atoms with Crippen molar-refractivity contribution in [3.05, 3.63) is 65.2 Å². The standard InChI is InChI=1S/C18H20O3/c1-2-14-3-7-16(8-4-14)18(20)13-21-17-9-5-15(6-10-17)11-12-19/h3-10,19H,2,11-13H2,1H3. The van der Waals surface area contributed by atoms with Crippen LogP contribution in [0, 0.1) is 0 Å². The van der Waals surface area contributed by atoms with Crippen LogP contribution in [0.3, 0.4) is 0 Å². The zero-order valence-corrected chi connectivity index (χ0v) is 12.2. The molecule has 21 heavy (non-hydrogen) atoms. The lowest BCUT2D eigenvalue weighted by Gasteiger charge is -2.07. The normalized spacial score (nSPS) is 10.4. The second-order valence-electron chi connectivity index (χ2n) is 4.88. The molecule has 0 aliphatic heterocycles. The number of aryl methyl sites for hydroxylation is 1. The molecule has 2 rings (SSSR count). The first-order valence-electron chi connectivity index (χ1n) is 7.17. The minimum atomic E-state index is -0.0305. The summed E-state index contributed by atoms with van der Waals surface area (Å²) in [7, 11) is 0. The first-order valence-corrected chi connectivity index (χ1v) is 7.17. The fraction of sp³-hybridized carbons (Fsp3) is 0.278. The van der Waals surface area contributed by atoms with Gasteiger partial charge in [0.05, 0.1) is 0 Å². The third-order valence-corrected chi connectivity index (χ3v) is 3.38. The molecule has 0 saturated heterocycles. The molecule has 0 saturated carbocycles. The molecule has 0 bridgehead atoms. The van der Waals surface area contributed by atoms with Gasteiger partial charge in [-0.15, -0.1) is 0 Å². The Kier molecular flexibility index (Phi) is 5.52. The highest BCUT2D eigenvalue weighted by Gasteiger charge is 2.06. The molecule has 1 N–H and O–H groups in total. The third-order valence-electron chi connectivity index (χ3n) is 3.38. The molecule has 2 aromatic rings. The van der Waals surface area contributed by atoms with Gasteiger partial charge in [0.1, 0.15) is 5.75 Å². The molecule has 0 fully saturated rings. The minimum absolute atomic E-state index is 0.0305. The van der Waals surface area contributed by atoms with Crippen LogP contribution in [0.5, 0.6) is 5.75 Å².